The quantitative estimate of drug-likeness (QED) is 0.0159. The predicted octanol–water partition coefficient (Wildman–Crippen LogP) is -19.2. The molecule has 0 aromatic rings. The summed E-state index contributed by atoms with van der Waals surface area (Å²) in [6.45, 7) is 27.2. The maximum Gasteiger partial charge on any atom is 0.116 e. The molecule has 0 radical (unpaired) electrons. The summed E-state index contributed by atoms with van der Waals surface area (Å²) in [7, 11) is 33.9. The molecule has 0 aliphatic heterocycles. The Kier molecular flexibility index (Phi) is 80.3. The van der Waals surface area contributed by atoms with Gasteiger partial charge in [0.1, 0.15) is 88.5 Å². The van der Waals surface area contributed by atoms with Crippen LogP contribution in [-0.2, 0) is 0 Å². The maximum absolute atomic E-state index is 11.5. The van der Waals surface area contributed by atoms with Crippen LogP contribution in [0.3, 0.4) is 0 Å². The van der Waals surface area contributed by atoms with Crippen LogP contribution in [0.4, 0.5) is 0 Å². The van der Waals surface area contributed by atoms with Crippen molar-refractivity contribution in [3.63, 3.8) is 0 Å². The van der Waals surface area contributed by atoms with E-state index >= 15 is 0 Å². The van der Waals surface area contributed by atoms with Crippen LogP contribution < -0.4 is 98.3 Å². The lowest BCUT2D eigenvalue weighted by Crippen LogP contribution is -3.00. The van der Waals surface area contributed by atoms with E-state index in [4.69, 9.17) is 39.8 Å². The summed E-state index contributed by atoms with van der Waals surface area (Å²) in [6.07, 6.45) is 5.36. The summed E-state index contributed by atoms with van der Waals surface area (Å²) in [4.78, 5) is 6.75. The lowest BCUT2D eigenvalue weighted by atomic mass is 10.2. The number of halogens is 9. The molecule has 19 nitrogen and oxygen atoms in total. The highest BCUT2D eigenvalue weighted by Gasteiger charge is 2.30. The van der Waals surface area contributed by atoms with Crippen LogP contribution in [0, 0.1) is 0 Å². The number of rotatable bonds is 46. The van der Waals surface area contributed by atoms with Crippen LogP contribution in [0.1, 0.15) is 86.0 Å². The smallest absolute Gasteiger partial charge is 0.116 e. The van der Waals surface area contributed by atoms with Crippen LogP contribution >= 0.6 is 23.2 Å². The van der Waals surface area contributed by atoms with Gasteiger partial charge in [-0.2, -0.15) is 0 Å². The van der Waals surface area contributed by atoms with E-state index in [-0.39, 0.29) is 99.1 Å². The monoisotopic (exact) mass is 1470 g/mol. The minimum atomic E-state index is -0.541. The first kappa shape index (κ1) is 115. The zero-order valence-electron chi connectivity index (χ0n) is 60.5. The molecule has 0 spiro atoms. The van der Waals surface area contributed by atoms with Gasteiger partial charge in [-0.1, -0.05) is 41.0 Å². The Morgan fingerprint density at radius 1 is 0.292 bits per heavy atom. The Morgan fingerprint density at radius 3 is 0.663 bits per heavy atom. The van der Waals surface area contributed by atoms with Gasteiger partial charge in [0.25, 0.3) is 0 Å². The van der Waals surface area contributed by atoms with E-state index < -0.39 is 30.5 Å². The third kappa shape index (κ3) is 77.1. The first-order chi connectivity index (χ1) is 37.5. The van der Waals surface area contributed by atoms with Gasteiger partial charge in [0.05, 0.1) is 157 Å². The third-order valence-electron chi connectivity index (χ3n) is 14.3. The molecule has 11 N–H and O–H groups in total. The van der Waals surface area contributed by atoms with Gasteiger partial charge < -0.3 is 165 Å². The van der Waals surface area contributed by atoms with Gasteiger partial charge in [-0.05, 0) is 58.0 Å². The lowest BCUT2D eigenvalue weighted by molar-refractivity contribution is -0.893. The molecule has 0 aliphatic carbocycles. The highest BCUT2D eigenvalue weighted by atomic mass is 35.5. The van der Waals surface area contributed by atoms with Crippen LogP contribution in [0.5, 0.6) is 0 Å². The third-order valence-corrected chi connectivity index (χ3v) is 15.0. The van der Waals surface area contributed by atoms with E-state index in [2.05, 4.69) is 141 Å². The Balaban J connectivity index is -0.000000164. The Morgan fingerprint density at radius 2 is 0.472 bits per heavy atom. The SMILES string of the molecule is CCC[N+](C)(C)CC(O)CCl.CCC[N+](C)(C)CC(O)CN(CCN(CC(O)C[N+](C)(C)C)CC(O)C[N+](C)(C)CCC)CCN(CC(O)C[N+](C)(C)CCC)CC(O)C[N+](C)(C)CCC.C[N+](C)(C)CC(O)CCl.NCCCCCN.[Cl-].[Cl-].[Cl-].[Cl-].[Cl-].[Cl-].[Cl-]. The Bertz CT molecular complexity index is 1460. The molecule has 0 saturated heterocycles. The zero-order chi connectivity index (χ0) is 64.6. The Hall–Kier alpha value is 1.85. The highest BCUT2D eigenvalue weighted by molar-refractivity contribution is 6.18. The summed E-state index contributed by atoms with van der Waals surface area (Å²) < 4.78 is 5.24. The minimum absolute atomic E-state index is 0. The topological polar surface area (TPSA) is 203 Å². The van der Waals surface area contributed by atoms with Crippen LogP contribution in [0.2, 0.25) is 0 Å². The van der Waals surface area contributed by atoms with Crippen molar-refractivity contribution in [2.45, 2.75) is 129 Å². The summed E-state index contributed by atoms with van der Waals surface area (Å²) in [5.74, 6) is 0.668. The molecule has 89 heavy (non-hydrogen) atoms. The number of alkyl halides is 2. The molecule has 0 fully saturated rings. The summed E-state index contributed by atoms with van der Waals surface area (Å²) in [5, 5.41) is 75.1. The number of hydrogen-bond acceptors (Lipinski definition) is 12. The first-order valence-corrected chi connectivity index (χ1v) is 32.8. The molecule has 0 aromatic carbocycles. The molecular weight excluding hydrogens is 1330 g/mol. The second-order valence-electron chi connectivity index (χ2n) is 29.5. The van der Waals surface area contributed by atoms with E-state index in [1.807, 2.05) is 21.1 Å². The fourth-order valence-corrected chi connectivity index (χ4v) is 11.5. The van der Waals surface area contributed by atoms with E-state index in [1.54, 1.807) is 0 Å². The van der Waals surface area contributed by atoms with Gasteiger partial charge in [0.2, 0.25) is 0 Å². The fraction of sp³-hybridized carbons (Fsp3) is 1.00. The van der Waals surface area contributed by atoms with Gasteiger partial charge in [-0.3, -0.25) is 14.7 Å². The number of likely N-dealkylation sites (N-methyl/N-ethyl adjacent to an activating group) is 7. The number of aliphatic hydroxyl groups is 7. The lowest BCUT2D eigenvalue weighted by Gasteiger charge is -2.38. The largest absolute Gasteiger partial charge is 1.00 e. The number of quaternary nitrogens is 7. The average Bonchev–Trinajstić information content (AvgIpc) is 3.28. The zero-order valence-corrected chi connectivity index (χ0v) is 67.3. The molecule has 7 unspecified atom stereocenters. The number of unbranched alkanes of at least 4 members (excludes halogenated alkanes) is 2. The molecule has 0 aliphatic rings. The van der Waals surface area contributed by atoms with Crippen molar-refractivity contribution in [2.75, 3.05) is 275 Å². The van der Waals surface area contributed by atoms with Gasteiger partial charge in [0, 0.05) is 58.9 Å². The summed E-state index contributed by atoms with van der Waals surface area (Å²) in [5.41, 5.74) is 10.5. The molecule has 0 bridgehead atoms. The van der Waals surface area contributed by atoms with Crippen LogP contribution in [0.15, 0.2) is 0 Å². The molecule has 0 rings (SSSR count). The molecule has 0 amide bonds. The van der Waals surface area contributed by atoms with Gasteiger partial charge in [-0.25, -0.2) is 0 Å². The normalized spacial score (nSPS) is 14.5. The molecule has 7 atom stereocenters. The average molecular weight is 1480 g/mol. The second-order valence-corrected chi connectivity index (χ2v) is 30.1. The van der Waals surface area contributed by atoms with Crippen molar-refractivity contribution in [3.8, 4) is 0 Å². The van der Waals surface area contributed by atoms with Crippen LogP contribution in [-0.4, -0.2) is 400 Å². The van der Waals surface area contributed by atoms with Crippen LogP contribution in [0.25, 0.3) is 0 Å². The molecule has 0 saturated carbocycles. The van der Waals surface area contributed by atoms with E-state index in [0.717, 1.165) is 124 Å². The van der Waals surface area contributed by atoms with Gasteiger partial charge in [-0.15, -0.1) is 23.2 Å². The molecule has 0 aromatic heterocycles. The molecule has 28 heteroatoms. The summed E-state index contributed by atoms with van der Waals surface area (Å²) in [6, 6.07) is 0. The Labute approximate surface area is 603 Å². The van der Waals surface area contributed by atoms with Gasteiger partial charge in [0.15, 0.2) is 0 Å². The van der Waals surface area contributed by atoms with E-state index in [1.165, 1.54) is 6.42 Å². The van der Waals surface area contributed by atoms with Crippen molar-refractivity contribution >= 4 is 23.2 Å². The van der Waals surface area contributed by atoms with E-state index in [9.17, 15) is 30.6 Å². The second kappa shape index (κ2) is 62.1. The standard InChI is InChI=1S/C42H99N8O5.C8H19ClNO.C6H15ClNO.C5H14N2.7ClH/c1-16-24-47(8,9)34-39(52)28-43(20-22-44(29-38(51)33-46(5,6)7)30-40(53)35-48(10,11)25-17-2)21-23-45(31-41(54)36-49(12,13)26-18-3)32-42(55)37-50(14,15)27-19-4;1-4-5-10(2,3)7-8(11)6-9;1-8(2,3)5-6(9)4-7;6-4-2-1-3-5-7;;;;;;;/h38-42,51-55H,16-37H2,1-15H3;8,11H,4-7H2,1-3H3;6,9H,4-5H2,1-3H3;1-7H2;7*1H/q+5;2*+1;;;;;;;;/p-7. The molecule has 556 valence electrons. The molecule has 0 heterocycles. The van der Waals surface area contributed by atoms with Crippen molar-refractivity contribution in [2.24, 2.45) is 11.5 Å². The summed E-state index contributed by atoms with van der Waals surface area (Å²) >= 11 is 10.9. The van der Waals surface area contributed by atoms with Crippen molar-refractivity contribution in [3.05, 3.63) is 0 Å². The maximum atomic E-state index is 11.5. The van der Waals surface area contributed by atoms with E-state index in [0.29, 0.717) is 114 Å². The highest BCUT2D eigenvalue weighted by Crippen LogP contribution is 2.12. The predicted molar refractivity (Wildman–Crippen MR) is 351 cm³/mol. The fourth-order valence-electron chi connectivity index (χ4n) is 11.3. The number of nitrogens with zero attached hydrogens (tertiary/aromatic N) is 10. The minimum Gasteiger partial charge on any atom is -1.00 e. The number of nitrogens with two attached hydrogens (primary N) is 2. The number of aliphatic hydroxyl groups excluding tert-OH is 7. The van der Waals surface area contributed by atoms with Crippen molar-refractivity contribution < 1.29 is 154 Å². The molecular formula is C61H147Cl9N12O7. The first-order valence-electron chi connectivity index (χ1n) is 31.7. The van der Waals surface area contributed by atoms with Gasteiger partial charge >= 0.3 is 0 Å². The van der Waals surface area contributed by atoms with Crippen molar-refractivity contribution in [1.82, 2.24) is 14.7 Å². The van der Waals surface area contributed by atoms with Crippen molar-refractivity contribution in [1.29, 1.82) is 0 Å². The number of hydrogen-bond donors (Lipinski definition) is 9.